The number of sulfonamides is 1. The molecule has 0 radical (unpaired) electrons. The van der Waals surface area contributed by atoms with Crippen LogP contribution in [0.25, 0.3) is 0 Å². The zero-order valence-electron chi connectivity index (χ0n) is 11.5. The molecule has 1 fully saturated rings. The summed E-state index contributed by atoms with van der Waals surface area (Å²) in [4.78, 5) is 0.0101. The van der Waals surface area contributed by atoms with Crippen LogP contribution in [-0.2, 0) is 10.0 Å². The third-order valence-electron chi connectivity index (χ3n) is 3.48. The van der Waals surface area contributed by atoms with Gasteiger partial charge in [0.15, 0.2) is 0 Å². The standard InChI is InChI=1S/C13H16ClN3O2S.ClH/c1-9-4-5-16-8-12(9)17-20(18,19)13-3-2-10(7-15)6-11(13)14;/h2-3,6,9,12,16-17H,4-5,8H2,1H3;1H. The van der Waals surface area contributed by atoms with Crippen molar-refractivity contribution < 1.29 is 8.42 Å². The van der Waals surface area contributed by atoms with Crippen LogP contribution < -0.4 is 10.0 Å². The van der Waals surface area contributed by atoms with Gasteiger partial charge in [-0.2, -0.15) is 5.26 Å². The Bertz CT molecular complexity index is 643. The smallest absolute Gasteiger partial charge is 0.242 e. The number of rotatable bonds is 3. The molecule has 2 rings (SSSR count). The molecule has 1 aliphatic rings. The molecule has 116 valence electrons. The van der Waals surface area contributed by atoms with E-state index in [2.05, 4.69) is 10.0 Å². The average Bonchev–Trinajstić information content (AvgIpc) is 2.40. The molecule has 8 heteroatoms. The van der Waals surface area contributed by atoms with Crippen LogP contribution in [0.5, 0.6) is 0 Å². The first-order valence-corrected chi connectivity index (χ1v) is 8.23. The molecule has 2 atom stereocenters. The van der Waals surface area contributed by atoms with E-state index in [1.54, 1.807) is 0 Å². The van der Waals surface area contributed by atoms with Crippen molar-refractivity contribution in [2.75, 3.05) is 13.1 Å². The number of benzene rings is 1. The minimum absolute atomic E-state index is 0. The lowest BCUT2D eigenvalue weighted by molar-refractivity contribution is 0.327. The minimum Gasteiger partial charge on any atom is -0.315 e. The van der Waals surface area contributed by atoms with Gasteiger partial charge in [-0.05, 0) is 37.1 Å². The molecule has 2 N–H and O–H groups in total. The monoisotopic (exact) mass is 349 g/mol. The van der Waals surface area contributed by atoms with Gasteiger partial charge >= 0.3 is 0 Å². The summed E-state index contributed by atoms with van der Waals surface area (Å²) >= 11 is 5.96. The van der Waals surface area contributed by atoms with E-state index in [9.17, 15) is 8.42 Å². The van der Waals surface area contributed by atoms with Gasteiger partial charge in [0.2, 0.25) is 10.0 Å². The number of nitrogens with one attached hydrogen (secondary N) is 2. The van der Waals surface area contributed by atoms with Crippen molar-refractivity contribution in [3.63, 3.8) is 0 Å². The Morgan fingerprint density at radius 2 is 2.19 bits per heavy atom. The number of nitrogens with zero attached hydrogens (tertiary/aromatic N) is 1. The van der Waals surface area contributed by atoms with Gasteiger partial charge in [-0.15, -0.1) is 12.4 Å². The molecule has 2 unspecified atom stereocenters. The predicted octanol–water partition coefficient (Wildman–Crippen LogP) is 1.91. The van der Waals surface area contributed by atoms with Crippen molar-refractivity contribution in [2.45, 2.75) is 24.3 Å². The van der Waals surface area contributed by atoms with E-state index < -0.39 is 10.0 Å². The fraction of sp³-hybridized carbons (Fsp3) is 0.462. The van der Waals surface area contributed by atoms with E-state index in [4.69, 9.17) is 16.9 Å². The highest BCUT2D eigenvalue weighted by Gasteiger charge is 2.27. The zero-order valence-corrected chi connectivity index (χ0v) is 13.9. The average molecular weight is 350 g/mol. The fourth-order valence-corrected chi connectivity index (χ4v) is 4.09. The second kappa shape index (κ2) is 7.43. The minimum atomic E-state index is -3.68. The van der Waals surface area contributed by atoms with Crippen LogP contribution in [0.4, 0.5) is 0 Å². The van der Waals surface area contributed by atoms with Crippen LogP contribution in [0, 0.1) is 17.2 Å². The summed E-state index contributed by atoms with van der Waals surface area (Å²) in [6.07, 6.45) is 0.925. The largest absolute Gasteiger partial charge is 0.315 e. The zero-order chi connectivity index (χ0) is 14.8. The van der Waals surface area contributed by atoms with Gasteiger partial charge in [0.05, 0.1) is 16.7 Å². The Labute approximate surface area is 136 Å². The first kappa shape index (κ1) is 18.2. The van der Waals surface area contributed by atoms with Crippen molar-refractivity contribution >= 4 is 34.0 Å². The molecule has 0 bridgehead atoms. The Morgan fingerprint density at radius 3 is 2.76 bits per heavy atom. The highest BCUT2D eigenvalue weighted by molar-refractivity contribution is 7.89. The van der Waals surface area contributed by atoms with Gasteiger partial charge in [0, 0.05) is 12.6 Å². The molecule has 0 amide bonds. The molecular weight excluding hydrogens is 333 g/mol. The maximum atomic E-state index is 12.4. The van der Waals surface area contributed by atoms with Crippen LogP contribution in [0.15, 0.2) is 23.1 Å². The van der Waals surface area contributed by atoms with Crippen molar-refractivity contribution in [2.24, 2.45) is 5.92 Å². The maximum Gasteiger partial charge on any atom is 0.242 e. The summed E-state index contributed by atoms with van der Waals surface area (Å²) in [7, 11) is -3.68. The number of nitriles is 1. The number of hydrogen-bond donors (Lipinski definition) is 2. The maximum absolute atomic E-state index is 12.4. The lowest BCUT2D eigenvalue weighted by Gasteiger charge is -2.30. The van der Waals surface area contributed by atoms with Gasteiger partial charge in [0.25, 0.3) is 0 Å². The van der Waals surface area contributed by atoms with E-state index >= 15 is 0 Å². The first-order chi connectivity index (χ1) is 9.44. The Balaban J connectivity index is 0.00000220. The molecule has 1 aromatic carbocycles. The molecule has 0 spiro atoms. The Morgan fingerprint density at radius 1 is 1.48 bits per heavy atom. The summed E-state index contributed by atoms with van der Waals surface area (Å²) < 4.78 is 27.4. The molecule has 1 saturated heterocycles. The SMILES string of the molecule is CC1CCNCC1NS(=O)(=O)c1ccc(C#N)cc1Cl.Cl. The molecule has 21 heavy (non-hydrogen) atoms. The van der Waals surface area contributed by atoms with E-state index in [-0.39, 0.29) is 34.3 Å². The van der Waals surface area contributed by atoms with Crippen LogP contribution in [0.3, 0.4) is 0 Å². The molecule has 1 aliphatic heterocycles. The van der Waals surface area contributed by atoms with E-state index in [1.807, 2.05) is 13.0 Å². The second-order valence-electron chi connectivity index (χ2n) is 4.95. The second-order valence-corrected chi connectivity index (χ2v) is 7.04. The summed E-state index contributed by atoms with van der Waals surface area (Å²) in [6, 6.07) is 5.95. The third kappa shape index (κ3) is 4.31. The van der Waals surface area contributed by atoms with Gasteiger partial charge in [-0.3, -0.25) is 0 Å². The molecule has 5 nitrogen and oxygen atoms in total. The van der Waals surface area contributed by atoms with Crippen molar-refractivity contribution in [1.82, 2.24) is 10.0 Å². The van der Waals surface area contributed by atoms with E-state index in [0.717, 1.165) is 13.0 Å². The van der Waals surface area contributed by atoms with E-state index in [0.29, 0.717) is 12.1 Å². The van der Waals surface area contributed by atoms with Gasteiger partial charge in [-0.1, -0.05) is 18.5 Å². The summed E-state index contributed by atoms with van der Waals surface area (Å²) in [5.74, 6) is 0.267. The van der Waals surface area contributed by atoms with Crippen LogP contribution in [-0.4, -0.2) is 27.5 Å². The highest BCUT2D eigenvalue weighted by atomic mass is 35.5. The molecule has 0 saturated carbocycles. The van der Waals surface area contributed by atoms with E-state index in [1.165, 1.54) is 18.2 Å². The van der Waals surface area contributed by atoms with Crippen LogP contribution in [0.1, 0.15) is 18.9 Å². The number of hydrogen-bond acceptors (Lipinski definition) is 4. The molecule has 0 aliphatic carbocycles. The predicted molar refractivity (Wildman–Crippen MR) is 84.2 cm³/mol. The van der Waals surface area contributed by atoms with Crippen molar-refractivity contribution in [1.29, 1.82) is 5.26 Å². The fourth-order valence-electron chi connectivity index (χ4n) is 2.20. The first-order valence-electron chi connectivity index (χ1n) is 6.37. The normalized spacial score (nSPS) is 22.1. The molecular formula is C13H17Cl2N3O2S. The Hall–Kier alpha value is -0.840. The molecule has 1 aromatic rings. The summed E-state index contributed by atoms with van der Waals surface area (Å²) in [6.45, 7) is 3.53. The third-order valence-corrected chi connectivity index (χ3v) is 5.46. The van der Waals surface area contributed by atoms with Crippen molar-refractivity contribution in [3.05, 3.63) is 28.8 Å². The lowest BCUT2D eigenvalue weighted by Crippen LogP contribution is -2.50. The number of piperidine rings is 1. The highest BCUT2D eigenvalue weighted by Crippen LogP contribution is 2.23. The van der Waals surface area contributed by atoms with Gasteiger partial charge in [0.1, 0.15) is 4.90 Å². The molecule has 1 heterocycles. The van der Waals surface area contributed by atoms with Crippen molar-refractivity contribution in [3.8, 4) is 6.07 Å². The van der Waals surface area contributed by atoms with Gasteiger partial charge in [-0.25, -0.2) is 13.1 Å². The quantitative estimate of drug-likeness (QED) is 0.873. The van der Waals surface area contributed by atoms with Crippen LogP contribution in [0.2, 0.25) is 5.02 Å². The molecule has 0 aromatic heterocycles. The number of halogens is 2. The topological polar surface area (TPSA) is 82.0 Å². The lowest BCUT2D eigenvalue weighted by atomic mass is 9.96. The summed E-state index contributed by atoms with van der Waals surface area (Å²) in [5.41, 5.74) is 0.335. The Kier molecular flexibility index (Phi) is 6.44. The summed E-state index contributed by atoms with van der Waals surface area (Å²) in [5, 5.41) is 12.0. The van der Waals surface area contributed by atoms with Gasteiger partial charge < -0.3 is 5.32 Å². The van der Waals surface area contributed by atoms with Crippen LogP contribution >= 0.6 is 24.0 Å².